The van der Waals surface area contributed by atoms with E-state index in [1.54, 1.807) is 6.07 Å². The van der Waals surface area contributed by atoms with E-state index in [1.165, 1.54) is 5.56 Å². The van der Waals surface area contributed by atoms with Crippen LogP contribution in [0.3, 0.4) is 0 Å². The standard InChI is InChI=1S/C22H29ClN2O3/c1-2-28-20-6-3-17(4-7-20)15-25-11-10-24(16-19(25)9-12-26)14-18-5-8-22(27)21(23)13-18/h3-8,13,19,26-27H,2,9-12,14-16H2,1H3. The van der Waals surface area contributed by atoms with Crippen molar-refractivity contribution in [2.24, 2.45) is 0 Å². The molecule has 0 aromatic heterocycles. The van der Waals surface area contributed by atoms with Crippen LogP contribution >= 0.6 is 11.6 Å². The fraction of sp³-hybridized carbons (Fsp3) is 0.455. The molecule has 6 heteroatoms. The molecule has 1 aliphatic rings. The van der Waals surface area contributed by atoms with Crippen molar-refractivity contribution in [2.75, 3.05) is 32.8 Å². The Morgan fingerprint density at radius 3 is 2.50 bits per heavy atom. The van der Waals surface area contributed by atoms with E-state index in [-0.39, 0.29) is 12.4 Å². The third-order valence-corrected chi connectivity index (χ3v) is 5.49. The Morgan fingerprint density at radius 1 is 1.07 bits per heavy atom. The van der Waals surface area contributed by atoms with Gasteiger partial charge >= 0.3 is 0 Å². The number of rotatable bonds is 8. The number of benzene rings is 2. The van der Waals surface area contributed by atoms with Crippen LogP contribution in [0.25, 0.3) is 0 Å². The SMILES string of the molecule is CCOc1ccc(CN2CCN(Cc3ccc(O)c(Cl)c3)CC2CCO)cc1. The summed E-state index contributed by atoms with van der Waals surface area (Å²) in [5.41, 5.74) is 2.34. The summed E-state index contributed by atoms with van der Waals surface area (Å²) in [6, 6.07) is 14.0. The number of aliphatic hydroxyl groups excluding tert-OH is 1. The van der Waals surface area contributed by atoms with E-state index >= 15 is 0 Å². The van der Waals surface area contributed by atoms with Crippen LogP contribution in [0.5, 0.6) is 11.5 Å². The number of hydrogen-bond acceptors (Lipinski definition) is 5. The van der Waals surface area contributed by atoms with Crippen molar-refractivity contribution in [3.05, 3.63) is 58.6 Å². The topological polar surface area (TPSA) is 56.2 Å². The summed E-state index contributed by atoms with van der Waals surface area (Å²) in [4.78, 5) is 4.84. The maximum absolute atomic E-state index is 9.60. The monoisotopic (exact) mass is 404 g/mol. The number of hydrogen-bond donors (Lipinski definition) is 2. The molecule has 0 radical (unpaired) electrons. The highest BCUT2D eigenvalue weighted by Gasteiger charge is 2.26. The van der Waals surface area contributed by atoms with E-state index < -0.39 is 0 Å². The molecule has 1 fully saturated rings. The van der Waals surface area contributed by atoms with Gasteiger partial charge in [-0.2, -0.15) is 0 Å². The van der Waals surface area contributed by atoms with Gasteiger partial charge in [0, 0.05) is 45.4 Å². The lowest BCUT2D eigenvalue weighted by molar-refractivity contribution is 0.0499. The molecule has 0 amide bonds. The van der Waals surface area contributed by atoms with Crippen molar-refractivity contribution in [2.45, 2.75) is 32.5 Å². The van der Waals surface area contributed by atoms with Crippen molar-refractivity contribution < 1.29 is 14.9 Å². The van der Waals surface area contributed by atoms with Crippen molar-refractivity contribution in [3.8, 4) is 11.5 Å². The second kappa shape index (κ2) is 10.1. The summed E-state index contributed by atoms with van der Waals surface area (Å²) >= 11 is 6.04. The van der Waals surface area contributed by atoms with Crippen LogP contribution in [-0.4, -0.2) is 58.9 Å². The zero-order valence-electron chi connectivity index (χ0n) is 16.4. The van der Waals surface area contributed by atoms with E-state index in [2.05, 4.69) is 21.9 Å². The quantitative estimate of drug-likeness (QED) is 0.705. The molecule has 0 saturated carbocycles. The number of aromatic hydroxyl groups is 1. The molecule has 2 aromatic carbocycles. The Balaban J connectivity index is 1.60. The second-order valence-electron chi connectivity index (χ2n) is 7.23. The number of halogens is 1. The number of phenols is 1. The molecule has 2 N–H and O–H groups in total. The molecule has 3 rings (SSSR count). The van der Waals surface area contributed by atoms with Gasteiger partial charge in [-0.05, 0) is 48.7 Å². The maximum Gasteiger partial charge on any atom is 0.134 e. The van der Waals surface area contributed by atoms with Crippen LogP contribution < -0.4 is 4.74 Å². The fourth-order valence-corrected chi connectivity index (χ4v) is 3.93. The molecule has 0 spiro atoms. The molecule has 1 aliphatic heterocycles. The molecule has 1 unspecified atom stereocenters. The highest BCUT2D eigenvalue weighted by molar-refractivity contribution is 6.32. The van der Waals surface area contributed by atoms with Crippen LogP contribution in [0.2, 0.25) is 5.02 Å². The Morgan fingerprint density at radius 2 is 1.82 bits per heavy atom. The molecular weight excluding hydrogens is 376 g/mol. The summed E-state index contributed by atoms with van der Waals surface area (Å²) in [6.07, 6.45) is 0.754. The van der Waals surface area contributed by atoms with Gasteiger partial charge in [0.15, 0.2) is 0 Å². The summed E-state index contributed by atoms with van der Waals surface area (Å²) in [7, 11) is 0. The van der Waals surface area contributed by atoms with Crippen molar-refractivity contribution in [3.63, 3.8) is 0 Å². The van der Waals surface area contributed by atoms with Crippen LogP contribution in [0.4, 0.5) is 0 Å². The van der Waals surface area contributed by atoms with Crippen LogP contribution in [0.1, 0.15) is 24.5 Å². The van der Waals surface area contributed by atoms with Gasteiger partial charge in [0.1, 0.15) is 11.5 Å². The zero-order valence-corrected chi connectivity index (χ0v) is 17.1. The van der Waals surface area contributed by atoms with Crippen LogP contribution in [0, 0.1) is 0 Å². The molecule has 28 heavy (non-hydrogen) atoms. The smallest absolute Gasteiger partial charge is 0.134 e. The number of aliphatic hydroxyl groups is 1. The van der Waals surface area contributed by atoms with Gasteiger partial charge in [0.25, 0.3) is 0 Å². The average molecular weight is 405 g/mol. The minimum Gasteiger partial charge on any atom is -0.506 e. The first-order chi connectivity index (χ1) is 13.6. The minimum absolute atomic E-state index is 0.115. The van der Waals surface area contributed by atoms with Crippen LogP contribution in [-0.2, 0) is 13.1 Å². The third kappa shape index (κ3) is 5.61. The molecule has 5 nitrogen and oxygen atoms in total. The predicted octanol–water partition coefficient (Wildman–Crippen LogP) is 3.51. The second-order valence-corrected chi connectivity index (χ2v) is 7.64. The van der Waals surface area contributed by atoms with Crippen molar-refractivity contribution in [1.29, 1.82) is 0 Å². The Labute approximate surface area is 172 Å². The first kappa shape index (κ1) is 20.9. The molecule has 0 bridgehead atoms. The lowest BCUT2D eigenvalue weighted by atomic mass is 10.1. The fourth-order valence-electron chi connectivity index (χ4n) is 3.73. The minimum atomic E-state index is 0.115. The molecular formula is C22H29ClN2O3. The maximum atomic E-state index is 9.60. The zero-order chi connectivity index (χ0) is 19.9. The normalized spacial score (nSPS) is 18.3. The van der Waals surface area contributed by atoms with Gasteiger partial charge in [-0.15, -0.1) is 0 Å². The summed E-state index contributed by atoms with van der Waals surface area (Å²) in [5.74, 6) is 1.01. The summed E-state index contributed by atoms with van der Waals surface area (Å²) in [5, 5.41) is 19.5. The number of nitrogens with zero attached hydrogens (tertiary/aromatic N) is 2. The highest BCUT2D eigenvalue weighted by Crippen LogP contribution is 2.25. The number of phenolic OH excluding ortho intramolecular Hbond substituents is 1. The van der Waals surface area contributed by atoms with Gasteiger partial charge in [-0.3, -0.25) is 9.80 Å². The molecule has 1 heterocycles. The lowest BCUT2D eigenvalue weighted by Gasteiger charge is -2.41. The molecule has 0 aliphatic carbocycles. The van der Waals surface area contributed by atoms with E-state index in [1.807, 2.05) is 31.2 Å². The Bertz CT molecular complexity index is 754. The first-order valence-corrected chi connectivity index (χ1v) is 10.2. The number of ether oxygens (including phenoxy) is 1. The number of piperazine rings is 1. The van der Waals surface area contributed by atoms with Crippen molar-refractivity contribution in [1.82, 2.24) is 9.80 Å². The van der Waals surface area contributed by atoms with E-state index in [9.17, 15) is 10.2 Å². The van der Waals surface area contributed by atoms with E-state index in [0.29, 0.717) is 17.7 Å². The van der Waals surface area contributed by atoms with Gasteiger partial charge in [0.2, 0.25) is 0 Å². The Kier molecular flexibility index (Phi) is 7.57. The molecule has 152 valence electrons. The molecule has 1 saturated heterocycles. The average Bonchev–Trinajstić information content (AvgIpc) is 2.69. The lowest BCUT2D eigenvalue weighted by Crippen LogP contribution is -2.52. The predicted molar refractivity (Wildman–Crippen MR) is 112 cm³/mol. The molecule has 1 atom stereocenters. The van der Waals surface area contributed by atoms with Gasteiger partial charge in [0.05, 0.1) is 11.6 Å². The first-order valence-electron chi connectivity index (χ1n) is 9.85. The largest absolute Gasteiger partial charge is 0.506 e. The highest BCUT2D eigenvalue weighted by atomic mass is 35.5. The molecule has 2 aromatic rings. The Hall–Kier alpha value is -1.79. The summed E-state index contributed by atoms with van der Waals surface area (Å²) < 4.78 is 5.52. The van der Waals surface area contributed by atoms with Crippen molar-refractivity contribution >= 4 is 11.6 Å². The van der Waals surface area contributed by atoms with E-state index in [0.717, 1.165) is 50.5 Å². The van der Waals surface area contributed by atoms with Crippen LogP contribution in [0.15, 0.2) is 42.5 Å². The summed E-state index contributed by atoms with van der Waals surface area (Å²) in [6.45, 7) is 7.31. The third-order valence-electron chi connectivity index (χ3n) is 5.19. The van der Waals surface area contributed by atoms with Gasteiger partial charge in [-0.25, -0.2) is 0 Å². The van der Waals surface area contributed by atoms with E-state index in [4.69, 9.17) is 16.3 Å². The van der Waals surface area contributed by atoms with Gasteiger partial charge < -0.3 is 14.9 Å². The van der Waals surface area contributed by atoms with Gasteiger partial charge in [-0.1, -0.05) is 29.8 Å².